The van der Waals surface area contributed by atoms with Crippen molar-refractivity contribution in [3.63, 3.8) is 0 Å². The van der Waals surface area contributed by atoms with Gasteiger partial charge in [-0.3, -0.25) is 4.79 Å². The highest BCUT2D eigenvalue weighted by molar-refractivity contribution is 5.78. The first-order valence-electron chi connectivity index (χ1n) is 6.89. The van der Waals surface area contributed by atoms with Crippen LogP contribution in [-0.2, 0) is 16.0 Å². The Hall–Kier alpha value is -1.46. The lowest BCUT2D eigenvalue weighted by Crippen LogP contribution is -2.53. The monoisotopic (exact) mass is 280 g/mol. The van der Waals surface area contributed by atoms with E-state index in [1.807, 2.05) is 0 Å². The molecule has 2 rings (SSSR count). The fourth-order valence-electron chi connectivity index (χ4n) is 2.62. The SMILES string of the molecule is COCC1(CNC(=O)Cc2ccccc2F)CCCN1. The summed E-state index contributed by atoms with van der Waals surface area (Å²) in [5.74, 6) is -0.507. The number of nitrogens with one attached hydrogen (secondary N) is 2. The van der Waals surface area contributed by atoms with Crippen LogP contribution in [0.2, 0.25) is 0 Å². The second-order valence-electron chi connectivity index (χ2n) is 5.29. The number of carbonyl (C=O) groups is 1. The lowest BCUT2D eigenvalue weighted by atomic mass is 9.98. The number of hydrogen-bond acceptors (Lipinski definition) is 3. The van der Waals surface area contributed by atoms with Crippen LogP contribution in [0, 0.1) is 5.82 Å². The summed E-state index contributed by atoms with van der Waals surface area (Å²) >= 11 is 0. The van der Waals surface area contributed by atoms with Crippen molar-refractivity contribution in [3.05, 3.63) is 35.6 Å². The number of carbonyl (C=O) groups excluding carboxylic acids is 1. The van der Waals surface area contributed by atoms with E-state index < -0.39 is 0 Å². The minimum atomic E-state index is -0.340. The van der Waals surface area contributed by atoms with Crippen LogP contribution in [0.15, 0.2) is 24.3 Å². The van der Waals surface area contributed by atoms with Gasteiger partial charge in [-0.05, 0) is 31.0 Å². The molecule has 1 aliphatic heterocycles. The molecule has 0 radical (unpaired) electrons. The van der Waals surface area contributed by atoms with Crippen LogP contribution in [0.4, 0.5) is 4.39 Å². The van der Waals surface area contributed by atoms with E-state index in [1.165, 1.54) is 6.07 Å². The molecule has 1 saturated heterocycles. The number of hydrogen-bond donors (Lipinski definition) is 2. The highest BCUT2D eigenvalue weighted by Crippen LogP contribution is 2.18. The van der Waals surface area contributed by atoms with E-state index in [9.17, 15) is 9.18 Å². The molecule has 1 fully saturated rings. The topological polar surface area (TPSA) is 50.4 Å². The lowest BCUT2D eigenvalue weighted by molar-refractivity contribution is -0.120. The van der Waals surface area contributed by atoms with E-state index >= 15 is 0 Å². The molecule has 1 amide bonds. The summed E-state index contributed by atoms with van der Waals surface area (Å²) < 4.78 is 18.7. The Labute approximate surface area is 118 Å². The second-order valence-corrected chi connectivity index (χ2v) is 5.29. The van der Waals surface area contributed by atoms with Crippen molar-refractivity contribution in [1.82, 2.24) is 10.6 Å². The normalized spacial score (nSPS) is 21.9. The summed E-state index contributed by atoms with van der Waals surface area (Å²) in [7, 11) is 1.66. The zero-order valence-electron chi connectivity index (χ0n) is 11.7. The quantitative estimate of drug-likeness (QED) is 0.824. The molecule has 110 valence electrons. The molecule has 1 unspecified atom stereocenters. The van der Waals surface area contributed by atoms with Crippen molar-refractivity contribution in [2.24, 2.45) is 0 Å². The van der Waals surface area contributed by atoms with Crippen LogP contribution in [-0.4, -0.2) is 38.3 Å². The van der Waals surface area contributed by atoms with Crippen molar-refractivity contribution in [3.8, 4) is 0 Å². The molecule has 0 bridgehead atoms. The Morgan fingerprint density at radius 2 is 2.30 bits per heavy atom. The molecule has 1 aromatic rings. The van der Waals surface area contributed by atoms with Gasteiger partial charge >= 0.3 is 0 Å². The number of amides is 1. The maximum Gasteiger partial charge on any atom is 0.224 e. The zero-order valence-corrected chi connectivity index (χ0v) is 11.7. The summed E-state index contributed by atoms with van der Waals surface area (Å²) in [6.45, 7) is 2.01. The largest absolute Gasteiger partial charge is 0.383 e. The second kappa shape index (κ2) is 6.81. The van der Waals surface area contributed by atoms with Crippen molar-refractivity contribution >= 4 is 5.91 Å². The molecule has 0 saturated carbocycles. The first-order chi connectivity index (χ1) is 9.65. The molecule has 20 heavy (non-hydrogen) atoms. The maximum absolute atomic E-state index is 13.5. The van der Waals surface area contributed by atoms with Gasteiger partial charge in [0.1, 0.15) is 5.82 Å². The number of halogens is 1. The van der Waals surface area contributed by atoms with Crippen LogP contribution in [0.1, 0.15) is 18.4 Å². The van der Waals surface area contributed by atoms with Gasteiger partial charge in [-0.25, -0.2) is 4.39 Å². The standard InChI is InChI=1S/C15H21FN2O2/c1-20-11-15(7-4-8-18-15)10-17-14(19)9-12-5-2-3-6-13(12)16/h2-3,5-6,18H,4,7-11H2,1H3,(H,17,19). The summed E-state index contributed by atoms with van der Waals surface area (Å²) in [5.41, 5.74) is 0.241. The predicted octanol–water partition coefficient (Wildman–Crippen LogP) is 1.25. The Morgan fingerprint density at radius 3 is 2.95 bits per heavy atom. The molecule has 0 aliphatic carbocycles. The van der Waals surface area contributed by atoms with E-state index in [-0.39, 0.29) is 23.7 Å². The van der Waals surface area contributed by atoms with Crippen molar-refractivity contribution in [2.45, 2.75) is 24.8 Å². The molecule has 1 aromatic carbocycles. The van der Waals surface area contributed by atoms with Crippen LogP contribution in [0.25, 0.3) is 0 Å². The highest BCUT2D eigenvalue weighted by atomic mass is 19.1. The number of rotatable bonds is 6. The number of ether oxygens (including phenoxy) is 1. The average Bonchev–Trinajstić information content (AvgIpc) is 2.89. The smallest absolute Gasteiger partial charge is 0.224 e. The minimum Gasteiger partial charge on any atom is -0.383 e. The third-order valence-corrected chi connectivity index (χ3v) is 3.69. The van der Waals surface area contributed by atoms with Crippen LogP contribution >= 0.6 is 0 Å². The van der Waals surface area contributed by atoms with Gasteiger partial charge in [0.15, 0.2) is 0 Å². The molecular formula is C15H21FN2O2. The molecule has 4 nitrogen and oxygen atoms in total. The van der Waals surface area contributed by atoms with Gasteiger partial charge in [-0.15, -0.1) is 0 Å². The lowest BCUT2D eigenvalue weighted by Gasteiger charge is -2.29. The molecule has 0 aromatic heterocycles. The van der Waals surface area contributed by atoms with Gasteiger partial charge in [0.2, 0.25) is 5.91 Å². The van der Waals surface area contributed by atoms with Gasteiger partial charge in [-0.2, -0.15) is 0 Å². The third kappa shape index (κ3) is 3.77. The van der Waals surface area contributed by atoms with Gasteiger partial charge in [-0.1, -0.05) is 18.2 Å². The van der Waals surface area contributed by atoms with E-state index in [2.05, 4.69) is 10.6 Å². The van der Waals surface area contributed by atoms with Crippen molar-refractivity contribution in [1.29, 1.82) is 0 Å². The van der Waals surface area contributed by atoms with E-state index in [0.29, 0.717) is 18.7 Å². The average molecular weight is 280 g/mol. The Bertz CT molecular complexity index is 459. The summed E-state index contributed by atoms with van der Waals surface area (Å²) in [4.78, 5) is 11.9. The fraction of sp³-hybridized carbons (Fsp3) is 0.533. The Morgan fingerprint density at radius 1 is 1.50 bits per heavy atom. The molecule has 5 heteroatoms. The molecular weight excluding hydrogens is 259 g/mol. The highest BCUT2D eigenvalue weighted by Gasteiger charge is 2.33. The first kappa shape index (κ1) is 14.9. The molecule has 1 atom stereocenters. The molecule has 1 aliphatic rings. The summed E-state index contributed by atoms with van der Waals surface area (Å²) in [6.07, 6.45) is 2.11. The summed E-state index contributed by atoms with van der Waals surface area (Å²) in [6, 6.07) is 6.35. The van der Waals surface area contributed by atoms with Crippen molar-refractivity contribution < 1.29 is 13.9 Å². The minimum absolute atomic E-state index is 0.0652. The van der Waals surface area contributed by atoms with Gasteiger partial charge in [0.05, 0.1) is 18.6 Å². The third-order valence-electron chi connectivity index (χ3n) is 3.69. The zero-order chi connectivity index (χ0) is 14.4. The first-order valence-corrected chi connectivity index (χ1v) is 6.89. The summed E-state index contributed by atoms with van der Waals surface area (Å²) in [5, 5.41) is 6.27. The van der Waals surface area contributed by atoms with Crippen LogP contribution in [0.5, 0.6) is 0 Å². The van der Waals surface area contributed by atoms with Gasteiger partial charge in [0.25, 0.3) is 0 Å². The Kier molecular flexibility index (Phi) is 5.09. The predicted molar refractivity (Wildman–Crippen MR) is 75.0 cm³/mol. The number of methoxy groups -OCH3 is 1. The molecule has 0 spiro atoms. The number of benzene rings is 1. The van der Waals surface area contributed by atoms with E-state index in [4.69, 9.17) is 4.74 Å². The van der Waals surface area contributed by atoms with Gasteiger partial charge < -0.3 is 15.4 Å². The molecule has 1 heterocycles. The van der Waals surface area contributed by atoms with E-state index in [0.717, 1.165) is 19.4 Å². The van der Waals surface area contributed by atoms with E-state index in [1.54, 1.807) is 25.3 Å². The van der Waals surface area contributed by atoms with Gasteiger partial charge in [0, 0.05) is 13.7 Å². The van der Waals surface area contributed by atoms with Crippen LogP contribution < -0.4 is 10.6 Å². The maximum atomic E-state index is 13.5. The molecule has 2 N–H and O–H groups in total. The fourth-order valence-corrected chi connectivity index (χ4v) is 2.62. The Balaban J connectivity index is 1.87. The van der Waals surface area contributed by atoms with Crippen LogP contribution in [0.3, 0.4) is 0 Å². The van der Waals surface area contributed by atoms with Crippen molar-refractivity contribution in [2.75, 3.05) is 26.8 Å².